The summed E-state index contributed by atoms with van der Waals surface area (Å²) >= 11 is 10.2. The number of benzene rings is 2. The van der Waals surface area contributed by atoms with Crippen LogP contribution < -0.4 is 32.3 Å². The molecular formula is C20H24N6O2S2. The van der Waals surface area contributed by atoms with Crippen LogP contribution in [0.25, 0.3) is 0 Å². The maximum atomic E-state index is 11.9. The van der Waals surface area contributed by atoms with E-state index in [2.05, 4.69) is 32.3 Å². The maximum absolute atomic E-state index is 11.9. The molecule has 2 amide bonds. The quantitative estimate of drug-likeness (QED) is 0.238. The Labute approximate surface area is 186 Å². The Kier molecular flexibility index (Phi) is 8.07. The lowest BCUT2D eigenvalue weighted by Crippen LogP contribution is -2.53. The Balaban J connectivity index is 1.73. The minimum Gasteiger partial charge on any atom is -0.331 e. The normalized spacial score (nSPS) is 9.87. The van der Waals surface area contributed by atoms with E-state index in [1.165, 1.54) is 0 Å². The van der Waals surface area contributed by atoms with Gasteiger partial charge in [0.05, 0.1) is 0 Å². The maximum Gasteiger partial charge on any atom is 0.329 e. The number of carbonyl (C=O) groups excluding carboxylic acids is 2. The van der Waals surface area contributed by atoms with Gasteiger partial charge in [-0.3, -0.25) is 31.3 Å². The average molecular weight is 445 g/mol. The van der Waals surface area contributed by atoms with Gasteiger partial charge in [-0.25, -0.2) is 0 Å². The molecule has 6 N–H and O–H groups in total. The molecule has 30 heavy (non-hydrogen) atoms. The molecule has 0 aliphatic rings. The van der Waals surface area contributed by atoms with Crippen LogP contribution in [-0.2, 0) is 9.59 Å². The smallest absolute Gasteiger partial charge is 0.329 e. The zero-order chi connectivity index (χ0) is 22.3. The van der Waals surface area contributed by atoms with Crippen LogP contribution >= 0.6 is 24.4 Å². The number of amides is 2. The molecule has 8 nitrogen and oxygen atoms in total. The first-order valence-corrected chi connectivity index (χ1v) is 9.86. The summed E-state index contributed by atoms with van der Waals surface area (Å²) in [5.41, 5.74) is 15.4. The molecule has 0 bridgehead atoms. The van der Waals surface area contributed by atoms with Gasteiger partial charge in [-0.1, -0.05) is 12.1 Å². The molecule has 10 heteroatoms. The molecule has 0 saturated carbocycles. The summed E-state index contributed by atoms with van der Waals surface area (Å²) in [6.07, 6.45) is 0. The Morgan fingerprint density at radius 1 is 0.600 bits per heavy atom. The van der Waals surface area contributed by atoms with Crippen LogP contribution in [0.1, 0.15) is 22.3 Å². The van der Waals surface area contributed by atoms with Crippen molar-refractivity contribution in [2.75, 3.05) is 10.6 Å². The van der Waals surface area contributed by atoms with Gasteiger partial charge in [0.1, 0.15) is 0 Å². The van der Waals surface area contributed by atoms with Crippen molar-refractivity contribution in [2.24, 2.45) is 0 Å². The first-order chi connectivity index (χ1) is 14.2. The Bertz CT molecular complexity index is 914. The number of rotatable bonds is 2. The fraction of sp³-hybridized carbons (Fsp3) is 0.200. The van der Waals surface area contributed by atoms with E-state index >= 15 is 0 Å². The van der Waals surface area contributed by atoms with E-state index in [1.807, 2.05) is 64.1 Å². The molecule has 2 aromatic carbocycles. The number of aryl methyl sites for hydroxylation is 4. The fourth-order valence-corrected chi connectivity index (χ4v) is 2.64. The van der Waals surface area contributed by atoms with E-state index in [0.29, 0.717) is 0 Å². The highest BCUT2D eigenvalue weighted by Crippen LogP contribution is 2.14. The summed E-state index contributed by atoms with van der Waals surface area (Å²) in [6.45, 7) is 7.97. The van der Waals surface area contributed by atoms with E-state index in [0.717, 1.165) is 33.6 Å². The predicted molar refractivity (Wildman–Crippen MR) is 127 cm³/mol. The SMILES string of the molecule is Cc1ccc(NC(=S)NNC(=O)C(=O)NNC(=S)Nc2ccc(C)c(C)c2)cc1C. The number of thiocarbonyl (C=S) groups is 2. The highest BCUT2D eigenvalue weighted by atomic mass is 32.1. The van der Waals surface area contributed by atoms with Crippen LogP contribution in [0.15, 0.2) is 36.4 Å². The third-order valence-corrected chi connectivity index (χ3v) is 4.72. The summed E-state index contributed by atoms with van der Waals surface area (Å²) in [7, 11) is 0. The summed E-state index contributed by atoms with van der Waals surface area (Å²) in [5, 5.41) is 6.11. The lowest BCUT2D eigenvalue weighted by Gasteiger charge is -2.14. The predicted octanol–water partition coefficient (Wildman–Crippen LogP) is 2.26. The van der Waals surface area contributed by atoms with Crippen molar-refractivity contribution in [2.45, 2.75) is 27.7 Å². The number of anilines is 2. The van der Waals surface area contributed by atoms with E-state index < -0.39 is 11.8 Å². The van der Waals surface area contributed by atoms with Crippen molar-refractivity contribution in [1.82, 2.24) is 21.7 Å². The Morgan fingerprint density at radius 3 is 1.30 bits per heavy atom. The number of nitrogens with one attached hydrogen (secondary N) is 6. The van der Waals surface area contributed by atoms with E-state index in [4.69, 9.17) is 24.4 Å². The van der Waals surface area contributed by atoms with E-state index in [9.17, 15) is 9.59 Å². The molecule has 0 atom stereocenters. The Morgan fingerprint density at radius 2 is 0.967 bits per heavy atom. The van der Waals surface area contributed by atoms with Gasteiger partial charge in [0.15, 0.2) is 10.2 Å². The molecule has 0 heterocycles. The first-order valence-electron chi connectivity index (χ1n) is 9.04. The molecule has 0 fully saturated rings. The van der Waals surface area contributed by atoms with Crippen molar-refractivity contribution in [3.05, 3.63) is 58.7 Å². The third-order valence-electron chi connectivity index (χ3n) is 4.31. The minimum absolute atomic E-state index is 0.138. The molecule has 0 saturated heterocycles. The van der Waals surface area contributed by atoms with Crippen LogP contribution in [0.4, 0.5) is 11.4 Å². The van der Waals surface area contributed by atoms with Gasteiger partial charge in [0.2, 0.25) is 0 Å². The highest BCUT2D eigenvalue weighted by molar-refractivity contribution is 7.80. The van der Waals surface area contributed by atoms with Crippen molar-refractivity contribution < 1.29 is 9.59 Å². The van der Waals surface area contributed by atoms with Crippen LogP contribution in [0.3, 0.4) is 0 Å². The van der Waals surface area contributed by atoms with Gasteiger partial charge in [0, 0.05) is 11.4 Å². The first kappa shape index (κ1) is 23.0. The minimum atomic E-state index is -0.944. The average Bonchev–Trinajstić information content (AvgIpc) is 2.70. The number of hydrogen-bond acceptors (Lipinski definition) is 4. The van der Waals surface area contributed by atoms with Gasteiger partial charge in [-0.15, -0.1) is 0 Å². The second-order valence-electron chi connectivity index (χ2n) is 6.66. The molecule has 0 aliphatic heterocycles. The lowest BCUT2D eigenvalue weighted by atomic mass is 10.1. The monoisotopic (exact) mass is 444 g/mol. The molecule has 0 unspecified atom stereocenters. The Hall–Kier alpha value is -3.24. The second-order valence-corrected chi connectivity index (χ2v) is 7.48. The van der Waals surface area contributed by atoms with Crippen LogP contribution in [0, 0.1) is 27.7 Å². The fourth-order valence-electron chi connectivity index (χ4n) is 2.30. The van der Waals surface area contributed by atoms with Gasteiger partial charge in [-0.05, 0) is 98.6 Å². The van der Waals surface area contributed by atoms with Crippen LogP contribution in [0.2, 0.25) is 0 Å². The van der Waals surface area contributed by atoms with Crippen LogP contribution in [0.5, 0.6) is 0 Å². The van der Waals surface area contributed by atoms with Crippen molar-refractivity contribution in [3.8, 4) is 0 Å². The van der Waals surface area contributed by atoms with Crippen LogP contribution in [-0.4, -0.2) is 22.0 Å². The summed E-state index contributed by atoms with van der Waals surface area (Å²) < 4.78 is 0. The molecular weight excluding hydrogens is 420 g/mol. The summed E-state index contributed by atoms with van der Waals surface area (Å²) in [6, 6.07) is 11.5. The largest absolute Gasteiger partial charge is 0.331 e. The lowest BCUT2D eigenvalue weighted by molar-refractivity contribution is -0.139. The van der Waals surface area contributed by atoms with Gasteiger partial charge in [-0.2, -0.15) is 0 Å². The summed E-state index contributed by atoms with van der Waals surface area (Å²) in [5.74, 6) is -1.89. The van der Waals surface area contributed by atoms with Gasteiger partial charge >= 0.3 is 11.8 Å². The number of hydrogen-bond donors (Lipinski definition) is 6. The highest BCUT2D eigenvalue weighted by Gasteiger charge is 2.14. The van der Waals surface area contributed by atoms with Gasteiger partial charge < -0.3 is 10.6 Å². The molecule has 2 aromatic rings. The second kappa shape index (κ2) is 10.5. The van der Waals surface area contributed by atoms with Crippen molar-refractivity contribution in [1.29, 1.82) is 0 Å². The third kappa shape index (κ3) is 6.98. The topological polar surface area (TPSA) is 106 Å². The van der Waals surface area contributed by atoms with Gasteiger partial charge in [0.25, 0.3) is 0 Å². The van der Waals surface area contributed by atoms with Crippen molar-refractivity contribution in [3.63, 3.8) is 0 Å². The number of carbonyl (C=O) groups is 2. The van der Waals surface area contributed by atoms with Crippen molar-refractivity contribution >= 4 is 57.8 Å². The molecule has 0 radical (unpaired) electrons. The molecule has 2 rings (SSSR count). The zero-order valence-electron chi connectivity index (χ0n) is 17.1. The number of hydrazine groups is 2. The molecule has 0 aliphatic carbocycles. The van der Waals surface area contributed by atoms with E-state index in [1.54, 1.807) is 0 Å². The summed E-state index contributed by atoms with van der Waals surface area (Å²) in [4.78, 5) is 23.7. The van der Waals surface area contributed by atoms with E-state index in [-0.39, 0.29) is 10.2 Å². The standard InChI is InChI=1S/C20H24N6O2S2/c1-11-5-7-15(9-13(11)3)21-19(29)25-23-17(27)18(28)24-26-20(30)22-16-8-6-12(2)14(4)10-16/h5-10H,1-4H3,(H,23,27)(H,24,28)(H2,21,25,29)(H2,22,26,30). The zero-order valence-corrected chi connectivity index (χ0v) is 18.7. The molecule has 0 spiro atoms. The molecule has 0 aromatic heterocycles. The molecule has 158 valence electrons.